The number of para-hydroxylation sites is 1. The number of amides is 1. The standard InChI is InChI=1S/C21H28N2O2/c1-17-10-7-8-13-20(17)25-15-9-14-21(24)22-16-19(23(2)3)18-11-5-4-6-12-18/h4-8,10-13,19H,9,14-16H2,1-3H3,(H,22,24). The first-order valence-corrected chi connectivity index (χ1v) is 8.74. The highest BCUT2D eigenvalue weighted by atomic mass is 16.5. The lowest BCUT2D eigenvalue weighted by Gasteiger charge is -2.25. The fourth-order valence-electron chi connectivity index (χ4n) is 2.71. The quantitative estimate of drug-likeness (QED) is 0.710. The molecule has 25 heavy (non-hydrogen) atoms. The van der Waals surface area contributed by atoms with Crippen molar-refractivity contribution in [1.82, 2.24) is 10.2 Å². The van der Waals surface area contributed by atoms with Gasteiger partial charge in [0.2, 0.25) is 5.91 Å². The molecule has 1 N–H and O–H groups in total. The van der Waals surface area contributed by atoms with Gasteiger partial charge < -0.3 is 15.0 Å². The number of aryl methyl sites for hydroxylation is 1. The van der Waals surface area contributed by atoms with Crippen molar-refractivity contribution in [3.05, 3.63) is 65.7 Å². The van der Waals surface area contributed by atoms with Crippen LogP contribution in [0.25, 0.3) is 0 Å². The largest absolute Gasteiger partial charge is 0.493 e. The van der Waals surface area contributed by atoms with Crippen LogP contribution in [-0.4, -0.2) is 38.1 Å². The van der Waals surface area contributed by atoms with Gasteiger partial charge in [-0.1, -0.05) is 48.5 Å². The maximum atomic E-state index is 12.1. The fraction of sp³-hybridized carbons (Fsp3) is 0.381. The number of carbonyl (C=O) groups is 1. The van der Waals surface area contributed by atoms with E-state index in [0.717, 1.165) is 11.3 Å². The second-order valence-corrected chi connectivity index (χ2v) is 6.41. The Morgan fingerprint density at radius 1 is 1.08 bits per heavy atom. The Labute approximate surface area is 150 Å². The van der Waals surface area contributed by atoms with Crippen molar-refractivity contribution in [1.29, 1.82) is 0 Å². The fourth-order valence-corrected chi connectivity index (χ4v) is 2.71. The molecule has 0 heterocycles. The number of hydrogen-bond donors (Lipinski definition) is 1. The molecule has 2 aromatic carbocycles. The van der Waals surface area contributed by atoms with Gasteiger partial charge in [0.25, 0.3) is 0 Å². The minimum Gasteiger partial charge on any atom is -0.493 e. The highest BCUT2D eigenvalue weighted by Crippen LogP contribution is 2.17. The van der Waals surface area contributed by atoms with Crippen LogP contribution in [0.1, 0.15) is 30.0 Å². The van der Waals surface area contributed by atoms with Crippen molar-refractivity contribution in [2.75, 3.05) is 27.2 Å². The smallest absolute Gasteiger partial charge is 0.220 e. The van der Waals surface area contributed by atoms with E-state index < -0.39 is 0 Å². The van der Waals surface area contributed by atoms with Gasteiger partial charge in [0, 0.05) is 13.0 Å². The van der Waals surface area contributed by atoms with Crippen LogP contribution in [-0.2, 0) is 4.79 Å². The van der Waals surface area contributed by atoms with Gasteiger partial charge in [-0.15, -0.1) is 0 Å². The van der Waals surface area contributed by atoms with Crippen LogP contribution in [0, 0.1) is 6.92 Å². The molecule has 2 aromatic rings. The molecule has 0 aliphatic heterocycles. The van der Waals surface area contributed by atoms with Crippen LogP contribution in [0.3, 0.4) is 0 Å². The summed E-state index contributed by atoms with van der Waals surface area (Å²) in [5, 5.41) is 3.04. The summed E-state index contributed by atoms with van der Waals surface area (Å²) >= 11 is 0. The minimum atomic E-state index is 0.0659. The van der Waals surface area contributed by atoms with Gasteiger partial charge in [0.15, 0.2) is 0 Å². The third kappa shape index (κ3) is 6.24. The topological polar surface area (TPSA) is 41.6 Å². The van der Waals surface area contributed by atoms with Gasteiger partial charge in [-0.25, -0.2) is 0 Å². The van der Waals surface area contributed by atoms with E-state index in [-0.39, 0.29) is 11.9 Å². The molecule has 0 saturated heterocycles. The molecule has 4 nitrogen and oxygen atoms in total. The third-order valence-electron chi connectivity index (χ3n) is 4.20. The highest BCUT2D eigenvalue weighted by Gasteiger charge is 2.14. The molecule has 0 saturated carbocycles. The second kappa shape index (κ2) is 9.84. The predicted octanol–water partition coefficient (Wildman–Crippen LogP) is 3.57. The Morgan fingerprint density at radius 2 is 1.76 bits per heavy atom. The first kappa shape index (κ1) is 19.0. The molecule has 134 valence electrons. The summed E-state index contributed by atoms with van der Waals surface area (Å²) in [6, 6.07) is 18.3. The molecule has 1 amide bonds. The summed E-state index contributed by atoms with van der Waals surface area (Å²) < 4.78 is 5.73. The molecule has 0 aliphatic carbocycles. The lowest BCUT2D eigenvalue weighted by molar-refractivity contribution is -0.121. The van der Waals surface area contributed by atoms with Gasteiger partial charge in [-0.2, -0.15) is 0 Å². The van der Waals surface area contributed by atoms with Crippen molar-refractivity contribution in [3.63, 3.8) is 0 Å². The Bertz CT molecular complexity index is 656. The van der Waals surface area contributed by atoms with Crippen LogP contribution in [0.2, 0.25) is 0 Å². The van der Waals surface area contributed by atoms with Crippen molar-refractivity contribution < 1.29 is 9.53 Å². The van der Waals surface area contributed by atoms with Crippen molar-refractivity contribution in [3.8, 4) is 5.75 Å². The lowest BCUT2D eigenvalue weighted by Crippen LogP contribution is -2.34. The maximum absolute atomic E-state index is 12.1. The lowest BCUT2D eigenvalue weighted by atomic mass is 10.1. The molecular formula is C21H28N2O2. The van der Waals surface area contributed by atoms with Crippen LogP contribution in [0.4, 0.5) is 0 Å². The molecule has 1 unspecified atom stereocenters. The van der Waals surface area contributed by atoms with Crippen LogP contribution < -0.4 is 10.1 Å². The summed E-state index contributed by atoms with van der Waals surface area (Å²) in [5.74, 6) is 0.954. The zero-order valence-corrected chi connectivity index (χ0v) is 15.4. The maximum Gasteiger partial charge on any atom is 0.220 e. The zero-order chi connectivity index (χ0) is 18.1. The summed E-state index contributed by atoms with van der Waals surface area (Å²) in [6.07, 6.45) is 1.18. The minimum absolute atomic E-state index is 0.0659. The molecule has 1 atom stereocenters. The average molecular weight is 340 g/mol. The Kier molecular flexibility index (Phi) is 7.48. The molecule has 0 radical (unpaired) electrons. The van der Waals surface area contributed by atoms with Gasteiger partial charge in [-0.3, -0.25) is 4.79 Å². The molecule has 0 spiro atoms. The van der Waals surface area contributed by atoms with E-state index in [1.807, 2.05) is 63.5 Å². The van der Waals surface area contributed by atoms with Crippen molar-refractivity contribution >= 4 is 5.91 Å². The Hall–Kier alpha value is -2.33. The Balaban J connectivity index is 1.72. The summed E-state index contributed by atoms with van der Waals surface area (Å²) in [5.41, 5.74) is 2.32. The van der Waals surface area contributed by atoms with E-state index in [1.165, 1.54) is 5.56 Å². The molecule has 0 aliphatic rings. The second-order valence-electron chi connectivity index (χ2n) is 6.41. The molecule has 2 rings (SSSR count). The number of nitrogens with one attached hydrogen (secondary N) is 1. The monoisotopic (exact) mass is 340 g/mol. The zero-order valence-electron chi connectivity index (χ0n) is 15.4. The predicted molar refractivity (Wildman–Crippen MR) is 102 cm³/mol. The van der Waals surface area contributed by atoms with E-state index in [1.54, 1.807) is 0 Å². The van der Waals surface area contributed by atoms with Crippen LogP contribution in [0.15, 0.2) is 54.6 Å². The Morgan fingerprint density at radius 3 is 2.44 bits per heavy atom. The van der Waals surface area contributed by atoms with E-state index in [4.69, 9.17) is 4.74 Å². The highest BCUT2D eigenvalue weighted by molar-refractivity contribution is 5.75. The number of likely N-dealkylation sites (N-methyl/N-ethyl adjacent to an activating group) is 1. The van der Waals surface area contributed by atoms with E-state index in [9.17, 15) is 4.79 Å². The molecule has 0 fully saturated rings. The molecule has 4 heteroatoms. The number of nitrogens with zero attached hydrogens (tertiary/aromatic N) is 1. The SMILES string of the molecule is Cc1ccccc1OCCCC(=O)NCC(c1ccccc1)N(C)C. The first-order valence-electron chi connectivity index (χ1n) is 8.74. The van der Waals surface area contributed by atoms with Gasteiger partial charge >= 0.3 is 0 Å². The number of carbonyl (C=O) groups excluding carboxylic acids is 1. The molecular weight excluding hydrogens is 312 g/mol. The number of hydrogen-bond acceptors (Lipinski definition) is 3. The summed E-state index contributed by atoms with van der Waals surface area (Å²) in [6.45, 7) is 3.18. The number of benzene rings is 2. The van der Waals surface area contributed by atoms with E-state index in [0.29, 0.717) is 26.0 Å². The van der Waals surface area contributed by atoms with E-state index >= 15 is 0 Å². The summed E-state index contributed by atoms with van der Waals surface area (Å²) in [4.78, 5) is 14.2. The molecule has 0 aromatic heterocycles. The van der Waals surface area contributed by atoms with Crippen LogP contribution >= 0.6 is 0 Å². The van der Waals surface area contributed by atoms with Gasteiger partial charge in [0.1, 0.15) is 5.75 Å². The van der Waals surface area contributed by atoms with E-state index in [2.05, 4.69) is 22.3 Å². The van der Waals surface area contributed by atoms with Gasteiger partial charge in [0.05, 0.1) is 12.6 Å². The first-order chi connectivity index (χ1) is 12.1. The summed E-state index contributed by atoms with van der Waals surface area (Å²) in [7, 11) is 4.06. The third-order valence-corrected chi connectivity index (χ3v) is 4.20. The van der Waals surface area contributed by atoms with Gasteiger partial charge in [-0.05, 0) is 44.6 Å². The van der Waals surface area contributed by atoms with Crippen molar-refractivity contribution in [2.24, 2.45) is 0 Å². The molecule has 0 bridgehead atoms. The average Bonchev–Trinajstić information content (AvgIpc) is 2.61. The van der Waals surface area contributed by atoms with Crippen molar-refractivity contribution in [2.45, 2.75) is 25.8 Å². The number of ether oxygens (including phenoxy) is 1. The number of rotatable bonds is 9. The van der Waals surface area contributed by atoms with Crippen LogP contribution in [0.5, 0.6) is 5.75 Å². The normalized spacial score (nSPS) is 12.0.